The molecule has 1 saturated carbocycles. The predicted octanol–water partition coefficient (Wildman–Crippen LogP) is 4.24. The average Bonchev–Trinajstić information content (AvgIpc) is 3.32. The maximum atomic E-state index is 8.60. The number of aromatic nitrogens is 3. The number of thioether (sulfide) groups is 1. The number of benzene rings is 1. The summed E-state index contributed by atoms with van der Waals surface area (Å²) in [6.45, 7) is 0.353. The van der Waals surface area contributed by atoms with E-state index in [9.17, 15) is 0 Å². The van der Waals surface area contributed by atoms with Crippen LogP contribution >= 0.6 is 23.4 Å². The first-order valence-electron chi connectivity index (χ1n) is 7.60. The van der Waals surface area contributed by atoms with Crippen molar-refractivity contribution in [1.29, 1.82) is 5.26 Å². The van der Waals surface area contributed by atoms with Crippen LogP contribution in [-0.4, -0.2) is 20.5 Å². The van der Waals surface area contributed by atoms with Crippen molar-refractivity contribution in [2.24, 2.45) is 0 Å². The third kappa shape index (κ3) is 4.18. The molecule has 23 heavy (non-hydrogen) atoms. The second-order valence-electron chi connectivity index (χ2n) is 5.33. The molecule has 0 unspecified atom stereocenters. The minimum atomic E-state index is 0.353. The van der Waals surface area contributed by atoms with Gasteiger partial charge < -0.3 is 9.30 Å². The Balaban J connectivity index is 1.66. The summed E-state index contributed by atoms with van der Waals surface area (Å²) < 4.78 is 7.96. The first kappa shape index (κ1) is 16.2. The zero-order valence-electron chi connectivity index (χ0n) is 12.6. The Labute approximate surface area is 144 Å². The predicted molar refractivity (Wildman–Crippen MR) is 89.6 cm³/mol. The molecule has 2 aromatic rings. The van der Waals surface area contributed by atoms with Gasteiger partial charge in [0, 0.05) is 18.2 Å². The van der Waals surface area contributed by atoms with Crippen LogP contribution < -0.4 is 4.74 Å². The second kappa shape index (κ2) is 7.71. The number of para-hydroxylation sites is 1. The van der Waals surface area contributed by atoms with E-state index in [4.69, 9.17) is 21.6 Å². The lowest BCUT2D eigenvalue weighted by Crippen LogP contribution is -2.07. The van der Waals surface area contributed by atoms with Crippen molar-refractivity contribution in [2.75, 3.05) is 5.75 Å². The SMILES string of the molecule is N#CCCCSc1nnc(COc2ccccc2Cl)n1C1CC1. The smallest absolute Gasteiger partial charge is 0.191 e. The maximum absolute atomic E-state index is 8.60. The molecule has 1 heterocycles. The number of unbranched alkanes of at least 4 members (excludes halogenated alkanes) is 1. The van der Waals surface area contributed by atoms with Crippen LogP contribution in [0.2, 0.25) is 5.02 Å². The van der Waals surface area contributed by atoms with Gasteiger partial charge in [-0.3, -0.25) is 0 Å². The molecule has 0 radical (unpaired) electrons. The summed E-state index contributed by atoms with van der Waals surface area (Å²) in [7, 11) is 0. The lowest BCUT2D eigenvalue weighted by atomic mass is 10.3. The fourth-order valence-corrected chi connectivity index (χ4v) is 3.38. The highest BCUT2D eigenvalue weighted by atomic mass is 35.5. The molecule has 0 amide bonds. The summed E-state index contributed by atoms with van der Waals surface area (Å²) >= 11 is 7.77. The van der Waals surface area contributed by atoms with Gasteiger partial charge in [0.15, 0.2) is 11.0 Å². The van der Waals surface area contributed by atoms with Crippen molar-refractivity contribution in [1.82, 2.24) is 14.8 Å². The molecule has 0 aliphatic heterocycles. The van der Waals surface area contributed by atoms with Crippen LogP contribution in [0.1, 0.15) is 37.5 Å². The van der Waals surface area contributed by atoms with Gasteiger partial charge in [-0.25, -0.2) is 0 Å². The van der Waals surface area contributed by atoms with Crippen LogP contribution in [-0.2, 0) is 6.61 Å². The quantitative estimate of drug-likeness (QED) is 0.527. The van der Waals surface area contributed by atoms with Crippen LogP contribution in [0.4, 0.5) is 0 Å². The average molecular weight is 349 g/mol. The number of rotatable bonds is 8. The van der Waals surface area contributed by atoms with Gasteiger partial charge in [0.05, 0.1) is 11.1 Å². The van der Waals surface area contributed by atoms with Gasteiger partial charge in [-0.15, -0.1) is 10.2 Å². The Morgan fingerprint density at radius 3 is 2.91 bits per heavy atom. The Morgan fingerprint density at radius 1 is 1.35 bits per heavy atom. The lowest BCUT2D eigenvalue weighted by Gasteiger charge is -2.10. The van der Waals surface area contributed by atoms with Crippen LogP contribution in [0.5, 0.6) is 5.75 Å². The molecule has 0 atom stereocenters. The fraction of sp³-hybridized carbons (Fsp3) is 0.438. The molecule has 3 rings (SSSR count). The van der Waals surface area contributed by atoms with Gasteiger partial charge in [0.2, 0.25) is 0 Å². The van der Waals surface area contributed by atoms with Crippen LogP contribution in [0.15, 0.2) is 29.4 Å². The summed E-state index contributed by atoms with van der Waals surface area (Å²) in [4.78, 5) is 0. The molecule has 1 fully saturated rings. The van der Waals surface area contributed by atoms with E-state index in [1.54, 1.807) is 17.8 Å². The number of nitriles is 1. The minimum Gasteiger partial charge on any atom is -0.484 e. The van der Waals surface area contributed by atoms with Gasteiger partial charge in [0.1, 0.15) is 12.4 Å². The lowest BCUT2D eigenvalue weighted by molar-refractivity contribution is 0.288. The summed E-state index contributed by atoms with van der Waals surface area (Å²) in [6, 6.07) is 10.1. The van der Waals surface area contributed by atoms with E-state index >= 15 is 0 Å². The van der Waals surface area contributed by atoms with E-state index in [0.29, 0.717) is 29.8 Å². The van der Waals surface area contributed by atoms with E-state index in [2.05, 4.69) is 20.8 Å². The summed E-state index contributed by atoms with van der Waals surface area (Å²) in [5.74, 6) is 2.36. The van der Waals surface area contributed by atoms with E-state index in [0.717, 1.165) is 36.0 Å². The van der Waals surface area contributed by atoms with Crippen LogP contribution in [0, 0.1) is 11.3 Å². The molecule has 1 aromatic heterocycles. The van der Waals surface area contributed by atoms with Gasteiger partial charge in [-0.1, -0.05) is 35.5 Å². The largest absolute Gasteiger partial charge is 0.484 e. The number of nitrogens with zero attached hydrogens (tertiary/aromatic N) is 4. The highest BCUT2D eigenvalue weighted by Crippen LogP contribution is 2.39. The molecule has 0 N–H and O–H groups in total. The Bertz CT molecular complexity index is 708. The molecule has 1 aliphatic carbocycles. The van der Waals surface area contributed by atoms with Crippen molar-refractivity contribution in [3.05, 3.63) is 35.1 Å². The van der Waals surface area contributed by atoms with Crippen molar-refractivity contribution in [3.8, 4) is 11.8 Å². The number of halogens is 1. The maximum Gasteiger partial charge on any atom is 0.191 e. The van der Waals surface area contributed by atoms with E-state index in [1.807, 2.05) is 18.2 Å². The Morgan fingerprint density at radius 2 is 2.17 bits per heavy atom. The Hall–Kier alpha value is -1.71. The summed E-state index contributed by atoms with van der Waals surface area (Å²) in [6.07, 6.45) is 3.75. The van der Waals surface area contributed by atoms with Crippen molar-refractivity contribution in [3.63, 3.8) is 0 Å². The highest BCUT2D eigenvalue weighted by molar-refractivity contribution is 7.99. The summed E-state index contributed by atoms with van der Waals surface area (Å²) in [5, 5.41) is 18.7. The molecule has 0 spiro atoms. The van der Waals surface area contributed by atoms with Crippen molar-refractivity contribution < 1.29 is 4.74 Å². The molecule has 1 aromatic carbocycles. The van der Waals surface area contributed by atoms with Gasteiger partial charge in [-0.05, 0) is 31.4 Å². The molecule has 5 nitrogen and oxygen atoms in total. The third-order valence-corrected chi connectivity index (χ3v) is 4.85. The monoisotopic (exact) mass is 348 g/mol. The normalized spacial score (nSPS) is 13.7. The van der Waals surface area contributed by atoms with E-state index in [1.165, 1.54) is 0 Å². The fourth-order valence-electron chi connectivity index (χ4n) is 2.22. The van der Waals surface area contributed by atoms with Crippen molar-refractivity contribution >= 4 is 23.4 Å². The minimum absolute atomic E-state index is 0.353. The number of hydrogen-bond acceptors (Lipinski definition) is 5. The van der Waals surface area contributed by atoms with Gasteiger partial charge in [-0.2, -0.15) is 5.26 Å². The van der Waals surface area contributed by atoms with Crippen molar-refractivity contribution in [2.45, 2.75) is 43.5 Å². The standard InChI is InChI=1S/C16H17ClN4OS/c17-13-5-1-2-6-14(13)22-11-15-19-20-16(21(15)12-7-8-12)23-10-4-3-9-18/h1-2,5-6,12H,3-4,7-8,10-11H2. The zero-order chi connectivity index (χ0) is 16.1. The molecular formula is C16H17ClN4OS. The summed E-state index contributed by atoms with van der Waals surface area (Å²) in [5.41, 5.74) is 0. The van der Waals surface area contributed by atoms with Crippen LogP contribution in [0.3, 0.4) is 0 Å². The van der Waals surface area contributed by atoms with Gasteiger partial charge >= 0.3 is 0 Å². The Kier molecular flexibility index (Phi) is 5.42. The van der Waals surface area contributed by atoms with E-state index in [-0.39, 0.29) is 0 Å². The molecule has 0 bridgehead atoms. The molecule has 0 saturated heterocycles. The topological polar surface area (TPSA) is 63.7 Å². The highest BCUT2D eigenvalue weighted by Gasteiger charge is 2.29. The zero-order valence-corrected chi connectivity index (χ0v) is 14.2. The first-order valence-corrected chi connectivity index (χ1v) is 8.97. The van der Waals surface area contributed by atoms with Gasteiger partial charge in [0.25, 0.3) is 0 Å². The molecule has 7 heteroatoms. The first-order chi connectivity index (χ1) is 11.3. The third-order valence-electron chi connectivity index (χ3n) is 3.50. The number of ether oxygens (including phenoxy) is 1. The number of hydrogen-bond donors (Lipinski definition) is 0. The molecule has 1 aliphatic rings. The van der Waals surface area contributed by atoms with Crippen LogP contribution in [0.25, 0.3) is 0 Å². The van der Waals surface area contributed by atoms with E-state index < -0.39 is 0 Å². The second-order valence-corrected chi connectivity index (χ2v) is 6.80. The molecule has 120 valence electrons. The molecular weight excluding hydrogens is 332 g/mol.